The van der Waals surface area contributed by atoms with Crippen LogP contribution in [0.15, 0.2) is 28.7 Å². The van der Waals surface area contributed by atoms with E-state index in [2.05, 4.69) is 15.9 Å². The molecule has 1 fully saturated rings. The second kappa shape index (κ2) is 8.04. The summed E-state index contributed by atoms with van der Waals surface area (Å²) in [6, 6.07) is 5.66. The van der Waals surface area contributed by atoms with Gasteiger partial charge in [-0.15, -0.1) is 0 Å². The van der Waals surface area contributed by atoms with E-state index in [9.17, 15) is 14.8 Å². The van der Waals surface area contributed by atoms with Crippen LogP contribution in [0.5, 0.6) is 0 Å². The highest BCUT2D eigenvalue weighted by Gasteiger charge is 2.43. The smallest absolute Gasteiger partial charge is 0.411 e. The van der Waals surface area contributed by atoms with E-state index in [1.54, 1.807) is 52.0 Å². The number of nitrogens with zero attached hydrogens (tertiary/aromatic N) is 2. The molecular formula is C18H25BrN2O5. The summed E-state index contributed by atoms with van der Waals surface area (Å²) < 4.78 is 10.4. The zero-order valence-corrected chi connectivity index (χ0v) is 17.1. The fraction of sp³-hybridized carbons (Fsp3) is 0.556. The Morgan fingerprint density at radius 2 is 1.96 bits per heavy atom. The van der Waals surface area contributed by atoms with Crippen molar-refractivity contribution in [1.29, 1.82) is 0 Å². The Morgan fingerprint density at radius 1 is 1.35 bits per heavy atom. The molecule has 1 aliphatic rings. The fourth-order valence-corrected chi connectivity index (χ4v) is 3.00. The number of hydrogen-bond acceptors (Lipinski definition) is 5. The summed E-state index contributed by atoms with van der Waals surface area (Å²) in [5.41, 5.74) is -0.376. The van der Waals surface area contributed by atoms with Crippen LogP contribution < -0.4 is 4.65 Å². The molecule has 0 saturated carbocycles. The lowest BCUT2D eigenvalue weighted by Gasteiger charge is -2.43. The number of hydroxylamine groups is 2. The van der Waals surface area contributed by atoms with Gasteiger partial charge in [-0.3, -0.25) is 9.55 Å². The third kappa shape index (κ3) is 4.62. The van der Waals surface area contributed by atoms with Crippen LogP contribution in [0.2, 0.25) is 0 Å². The Balaban J connectivity index is 2.30. The van der Waals surface area contributed by atoms with Crippen LogP contribution >= 0.6 is 15.9 Å². The molecule has 0 N–H and O–H groups in total. The van der Waals surface area contributed by atoms with E-state index in [1.165, 1.54) is 4.90 Å². The molecule has 1 saturated heterocycles. The highest BCUT2D eigenvalue weighted by atomic mass is 79.9. The van der Waals surface area contributed by atoms with Crippen molar-refractivity contribution in [3.05, 3.63) is 33.9 Å². The van der Waals surface area contributed by atoms with E-state index in [0.29, 0.717) is 12.3 Å². The van der Waals surface area contributed by atoms with Crippen molar-refractivity contribution in [3.8, 4) is 0 Å². The van der Waals surface area contributed by atoms with E-state index in [4.69, 9.17) is 9.47 Å². The average molecular weight is 429 g/mol. The lowest BCUT2D eigenvalue weighted by molar-refractivity contribution is -0.139. The summed E-state index contributed by atoms with van der Waals surface area (Å²) in [5, 5.41) is 13.4. The van der Waals surface area contributed by atoms with Gasteiger partial charge < -0.3 is 14.7 Å². The van der Waals surface area contributed by atoms with Crippen molar-refractivity contribution >= 4 is 33.6 Å². The molecule has 26 heavy (non-hydrogen) atoms. The van der Waals surface area contributed by atoms with E-state index in [0.717, 1.165) is 4.47 Å². The largest absolute Gasteiger partial charge is 0.620 e. The molecule has 0 radical (unpaired) electrons. The van der Waals surface area contributed by atoms with Crippen molar-refractivity contribution in [2.75, 3.05) is 26.3 Å². The number of benzene rings is 1. The van der Waals surface area contributed by atoms with Gasteiger partial charge in [-0.2, -0.15) is 0 Å². The third-order valence-electron chi connectivity index (χ3n) is 4.09. The van der Waals surface area contributed by atoms with Gasteiger partial charge in [0, 0.05) is 23.2 Å². The molecule has 2 amide bonds. The van der Waals surface area contributed by atoms with Gasteiger partial charge in [0.1, 0.15) is 11.3 Å². The summed E-state index contributed by atoms with van der Waals surface area (Å²) in [6.45, 7) is 7.41. The van der Waals surface area contributed by atoms with Crippen LogP contribution in [0.1, 0.15) is 27.7 Å². The summed E-state index contributed by atoms with van der Waals surface area (Å²) in [5.74, 6) is -0.639. The number of rotatable bonds is 3. The average Bonchev–Trinajstić information content (AvgIpc) is 2.59. The molecule has 144 valence electrons. The molecule has 1 aromatic rings. The molecule has 2 atom stereocenters. The molecular weight excluding hydrogens is 404 g/mol. The summed E-state index contributed by atoms with van der Waals surface area (Å²) >= 11 is 3.32. The van der Waals surface area contributed by atoms with E-state index in [-0.39, 0.29) is 19.7 Å². The summed E-state index contributed by atoms with van der Waals surface area (Å²) in [7, 11) is 0. The minimum atomic E-state index is -1.17. The van der Waals surface area contributed by atoms with Crippen molar-refractivity contribution in [1.82, 2.24) is 9.55 Å². The van der Waals surface area contributed by atoms with Crippen LogP contribution in [0.3, 0.4) is 0 Å². The molecule has 8 heteroatoms. The SMILES string of the molecule is CC[N+]([O-])(C(=O)C1COCCN1C(=O)OC(C)(C)C)c1ccc(Br)cc1. The number of carbonyl (C=O) groups excluding carboxylic acids is 2. The topological polar surface area (TPSA) is 78.9 Å². The molecule has 1 aliphatic heterocycles. The van der Waals surface area contributed by atoms with Gasteiger partial charge in [0.2, 0.25) is 0 Å². The maximum Gasteiger partial charge on any atom is 0.411 e. The Kier molecular flexibility index (Phi) is 6.44. The third-order valence-corrected chi connectivity index (χ3v) is 4.62. The quantitative estimate of drug-likeness (QED) is 0.544. The number of hydrogen-bond donors (Lipinski definition) is 0. The Bertz CT molecular complexity index is 659. The highest BCUT2D eigenvalue weighted by molar-refractivity contribution is 9.10. The molecule has 2 rings (SSSR count). The lowest BCUT2D eigenvalue weighted by atomic mass is 10.1. The molecule has 0 aromatic heterocycles. The number of quaternary nitrogens is 1. The van der Waals surface area contributed by atoms with Gasteiger partial charge in [-0.25, -0.2) is 9.59 Å². The zero-order chi connectivity index (χ0) is 19.5. The van der Waals surface area contributed by atoms with E-state index in [1.807, 2.05) is 0 Å². The summed E-state index contributed by atoms with van der Waals surface area (Å²) in [4.78, 5) is 26.9. The van der Waals surface area contributed by atoms with Crippen LogP contribution in [-0.4, -0.2) is 54.8 Å². The van der Waals surface area contributed by atoms with Crippen molar-refractivity contribution in [2.45, 2.75) is 39.3 Å². The first-order valence-electron chi connectivity index (χ1n) is 8.55. The normalized spacial score (nSPS) is 20.4. The first kappa shape index (κ1) is 20.8. The zero-order valence-electron chi connectivity index (χ0n) is 15.5. The number of carbonyl (C=O) groups is 2. The van der Waals surface area contributed by atoms with Gasteiger partial charge in [0.05, 0.1) is 19.8 Å². The molecule has 1 heterocycles. The fourth-order valence-electron chi connectivity index (χ4n) is 2.74. The van der Waals surface area contributed by atoms with Crippen molar-refractivity contribution in [3.63, 3.8) is 0 Å². The van der Waals surface area contributed by atoms with E-state index < -0.39 is 28.3 Å². The predicted molar refractivity (Wildman–Crippen MR) is 102 cm³/mol. The van der Waals surface area contributed by atoms with Gasteiger partial charge in [-0.1, -0.05) is 15.9 Å². The number of halogens is 1. The standard InChI is InChI=1S/C18H25BrN2O5/c1-5-21(24,14-8-6-13(19)7-9-14)16(22)15-12-25-11-10-20(15)17(23)26-18(2,3)4/h6-9,15H,5,10-12H2,1-4H3. The Labute approximate surface area is 162 Å². The first-order valence-corrected chi connectivity index (χ1v) is 9.35. The molecule has 7 nitrogen and oxygen atoms in total. The number of morpholine rings is 1. The minimum Gasteiger partial charge on any atom is -0.620 e. The van der Waals surface area contributed by atoms with Crippen LogP contribution in [0.4, 0.5) is 10.5 Å². The van der Waals surface area contributed by atoms with Crippen molar-refractivity contribution < 1.29 is 19.1 Å². The maximum atomic E-state index is 13.4. The Morgan fingerprint density at radius 3 is 2.50 bits per heavy atom. The molecule has 0 spiro atoms. The molecule has 0 aliphatic carbocycles. The lowest BCUT2D eigenvalue weighted by Crippen LogP contribution is -2.63. The van der Waals surface area contributed by atoms with Crippen LogP contribution in [0.25, 0.3) is 0 Å². The first-order chi connectivity index (χ1) is 12.1. The maximum absolute atomic E-state index is 13.4. The minimum absolute atomic E-state index is 0.0130. The van der Waals surface area contributed by atoms with Crippen molar-refractivity contribution in [2.24, 2.45) is 0 Å². The molecule has 0 bridgehead atoms. The van der Waals surface area contributed by atoms with Gasteiger partial charge in [0.25, 0.3) is 0 Å². The Hall–Kier alpha value is -1.48. The number of ether oxygens (including phenoxy) is 2. The summed E-state index contributed by atoms with van der Waals surface area (Å²) in [6.07, 6.45) is -0.613. The van der Waals surface area contributed by atoms with Crippen LogP contribution in [0, 0.1) is 5.21 Å². The van der Waals surface area contributed by atoms with Gasteiger partial charge >= 0.3 is 12.0 Å². The number of likely N-dealkylation sites (N-methyl/N-ethyl adjacent to an activating group) is 1. The number of amides is 2. The predicted octanol–water partition coefficient (Wildman–Crippen LogP) is 3.44. The second-order valence-corrected chi connectivity index (χ2v) is 8.05. The van der Waals surface area contributed by atoms with Gasteiger partial charge in [0.15, 0.2) is 6.04 Å². The highest BCUT2D eigenvalue weighted by Crippen LogP contribution is 2.27. The van der Waals surface area contributed by atoms with Crippen LogP contribution in [-0.2, 0) is 14.3 Å². The molecule has 1 aromatic carbocycles. The monoisotopic (exact) mass is 428 g/mol. The second-order valence-electron chi connectivity index (χ2n) is 7.14. The van der Waals surface area contributed by atoms with Gasteiger partial charge in [-0.05, 0) is 39.8 Å². The molecule has 2 unspecified atom stereocenters. The van der Waals surface area contributed by atoms with E-state index >= 15 is 0 Å².